The van der Waals surface area contributed by atoms with E-state index in [1.807, 2.05) is 49.6 Å². The van der Waals surface area contributed by atoms with E-state index in [1.54, 1.807) is 6.07 Å². The largest absolute Gasteiger partial charge is 0.477 e. The van der Waals surface area contributed by atoms with Crippen molar-refractivity contribution in [2.24, 2.45) is 5.92 Å². The summed E-state index contributed by atoms with van der Waals surface area (Å²) in [5.41, 5.74) is 4.10. The Bertz CT molecular complexity index is 1030. The highest BCUT2D eigenvalue weighted by atomic mass is 32.2. The first-order valence-electron chi connectivity index (χ1n) is 12.5. The van der Waals surface area contributed by atoms with E-state index < -0.39 is 11.9 Å². The number of ether oxygens (including phenoxy) is 1. The van der Waals surface area contributed by atoms with E-state index in [4.69, 9.17) is 4.74 Å². The van der Waals surface area contributed by atoms with E-state index in [2.05, 4.69) is 5.32 Å². The number of nitrogens with one attached hydrogen (secondary N) is 1. The smallest absolute Gasteiger partial charge is 0.352 e. The molecule has 0 unspecified atom stereocenters. The first-order chi connectivity index (χ1) is 17.0. The molecule has 0 aliphatic heterocycles. The summed E-state index contributed by atoms with van der Waals surface area (Å²) in [6, 6.07) is 13.6. The molecule has 2 N–H and O–H groups in total. The van der Waals surface area contributed by atoms with Gasteiger partial charge in [-0.1, -0.05) is 62.4 Å². The molecule has 1 saturated carbocycles. The van der Waals surface area contributed by atoms with E-state index in [1.165, 1.54) is 56.4 Å². The van der Waals surface area contributed by atoms with Gasteiger partial charge in [-0.25, -0.2) is 4.79 Å². The molecular formula is C29H37NO4S. The van der Waals surface area contributed by atoms with Gasteiger partial charge in [0.15, 0.2) is 0 Å². The van der Waals surface area contributed by atoms with Crippen LogP contribution >= 0.6 is 11.8 Å². The lowest BCUT2D eigenvalue weighted by Gasteiger charge is -2.21. The second-order valence-corrected chi connectivity index (χ2v) is 10.1. The van der Waals surface area contributed by atoms with Crippen molar-refractivity contribution in [3.63, 3.8) is 0 Å². The van der Waals surface area contributed by atoms with Gasteiger partial charge in [-0.2, -0.15) is 11.8 Å². The number of benzene rings is 2. The fraction of sp³-hybridized carbons (Fsp3) is 0.448. The third kappa shape index (κ3) is 8.25. The second-order valence-electron chi connectivity index (χ2n) is 9.23. The maximum absolute atomic E-state index is 13.1. The number of hydrogen-bond acceptors (Lipinski definition) is 4. The maximum Gasteiger partial charge on any atom is 0.352 e. The fourth-order valence-corrected chi connectivity index (χ4v) is 5.00. The fourth-order valence-electron chi connectivity index (χ4n) is 4.67. The van der Waals surface area contributed by atoms with Crippen molar-refractivity contribution in [1.82, 2.24) is 5.32 Å². The van der Waals surface area contributed by atoms with Gasteiger partial charge >= 0.3 is 5.97 Å². The lowest BCUT2D eigenvalue weighted by atomic mass is 9.86. The number of carbonyl (C=O) groups excluding carboxylic acids is 1. The van der Waals surface area contributed by atoms with Gasteiger partial charge in [0.25, 0.3) is 5.91 Å². The van der Waals surface area contributed by atoms with E-state index in [0.717, 1.165) is 41.2 Å². The van der Waals surface area contributed by atoms with Crippen LogP contribution in [0.25, 0.3) is 11.1 Å². The number of carboxylic acid groups (broad SMARTS) is 1. The Morgan fingerprint density at radius 3 is 2.60 bits per heavy atom. The van der Waals surface area contributed by atoms with Gasteiger partial charge in [0.1, 0.15) is 5.70 Å². The first-order valence-corrected chi connectivity index (χ1v) is 13.9. The predicted molar refractivity (Wildman–Crippen MR) is 144 cm³/mol. The van der Waals surface area contributed by atoms with Crippen LogP contribution < -0.4 is 5.32 Å². The van der Waals surface area contributed by atoms with Crippen LogP contribution in [0.4, 0.5) is 0 Å². The molecule has 0 saturated heterocycles. The van der Waals surface area contributed by atoms with Crippen molar-refractivity contribution in [3.05, 3.63) is 70.9 Å². The average molecular weight is 496 g/mol. The van der Waals surface area contributed by atoms with Crippen LogP contribution in [0.3, 0.4) is 0 Å². The molecule has 2 aromatic carbocycles. The summed E-state index contributed by atoms with van der Waals surface area (Å²) in [4.78, 5) is 24.7. The zero-order chi connectivity index (χ0) is 25.0. The molecule has 0 atom stereocenters. The molecule has 0 radical (unpaired) electrons. The van der Waals surface area contributed by atoms with Crippen LogP contribution in [0, 0.1) is 12.8 Å². The van der Waals surface area contributed by atoms with Gasteiger partial charge in [0.2, 0.25) is 0 Å². The number of carbonyl (C=O) groups is 2. The monoisotopic (exact) mass is 495 g/mol. The molecule has 6 heteroatoms. The summed E-state index contributed by atoms with van der Waals surface area (Å²) in [5, 5.41) is 12.1. The molecule has 0 heterocycles. The van der Waals surface area contributed by atoms with Crippen LogP contribution in [-0.2, 0) is 16.1 Å². The van der Waals surface area contributed by atoms with Crippen molar-refractivity contribution in [3.8, 4) is 11.1 Å². The van der Waals surface area contributed by atoms with E-state index in [9.17, 15) is 14.7 Å². The van der Waals surface area contributed by atoms with E-state index >= 15 is 0 Å². The molecule has 3 rings (SSSR count). The zero-order valence-corrected chi connectivity index (χ0v) is 21.7. The molecule has 2 aromatic rings. The highest BCUT2D eigenvalue weighted by molar-refractivity contribution is 7.98. The molecule has 1 aliphatic rings. The Hall–Kier alpha value is -2.57. The van der Waals surface area contributed by atoms with Crippen molar-refractivity contribution < 1.29 is 19.4 Å². The minimum Gasteiger partial charge on any atom is -0.477 e. The maximum atomic E-state index is 13.1. The van der Waals surface area contributed by atoms with E-state index in [0.29, 0.717) is 17.9 Å². The molecular weight excluding hydrogens is 458 g/mol. The number of carboxylic acids is 1. The highest BCUT2D eigenvalue weighted by Gasteiger charge is 2.18. The standard InChI is InChI=1S/C29H37NO4S/c1-21-9-6-7-13-24(21)26-19-23(20-34-17-8-12-22-10-4-3-5-11-22)14-15-25(26)28(31)30-27(29(32)33)16-18-35-2/h6-7,9,13-16,19,22H,3-5,8,10-12,17-18,20H2,1-2H3,(H,30,31)(H,32,33)/b27-16+. The zero-order valence-electron chi connectivity index (χ0n) is 20.8. The molecule has 1 amide bonds. The van der Waals surface area contributed by atoms with E-state index in [-0.39, 0.29) is 5.70 Å². The summed E-state index contributed by atoms with van der Waals surface area (Å²) < 4.78 is 5.98. The van der Waals surface area contributed by atoms with Crippen LogP contribution in [0.15, 0.2) is 54.2 Å². The highest BCUT2D eigenvalue weighted by Crippen LogP contribution is 2.29. The Morgan fingerprint density at radius 2 is 1.89 bits per heavy atom. The Kier molecular flexibility index (Phi) is 10.9. The molecule has 188 valence electrons. The summed E-state index contributed by atoms with van der Waals surface area (Å²) in [7, 11) is 0. The van der Waals surface area contributed by atoms with Crippen LogP contribution in [0.5, 0.6) is 0 Å². The minimum absolute atomic E-state index is 0.106. The number of aryl methyl sites for hydroxylation is 1. The van der Waals surface area contributed by atoms with Gasteiger partial charge in [0, 0.05) is 17.9 Å². The molecule has 0 bridgehead atoms. The van der Waals surface area contributed by atoms with Gasteiger partial charge < -0.3 is 15.2 Å². The van der Waals surface area contributed by atoms with Crippen molar-refractivity contribution >= 4 is 23.6 Å². The molecule has 0 aromatic heterocycles. The Labute approximate surface area is 213 Å². The molecule has 1 fully saturated rings. The van der Waals surface area contributed by atoms with Gasteiger partial charge in [-0.05, 0) is 72.4 Å². The summed E-state index contributed by atoms with van der Waals surface area (Å²) in [5.74, 6) is -0.219. The van der Waals surface area contributed by atoms with Gasteiger partial charge in [0.05, 0.1) is 6.61 Å². The summed E-state index contributed by atoms with van der Waals surface area (Å²) in [6.45, 7) is 3.23. The SMILES string of the molecule is CSC/C=C(/NC(=O)c1ccc(COCCCC2CCCCC2)cc1-c1ccccc1C)C(=O)O. The van der Waals surface area contributed by atoms with Crippen LogP contribution in [0.1, 0.15) is 66.4 Å². The number of thioether (sulfide) groups is 1. The normalized spacial score (nSPS) is 14.6. The third-order valence-electron chi connectivity index (χ3n) is 6.59. The number of hydrogen-bond donors (Lipinski definition) is 2. The first kappa shape index (κ1) is 27.0. The summed E-state index contributed by atoms with van der Waals surface area (Å²) >= 11 is 1.49. The Morgan fingerprint density at radius 1 is 1.11 bits per heavy atom. The summed E-state index contributed by atoms with van der Waals surface area (Å²) in [6.07, 6.45) is 12.6. The number of amides is 1. The van der Waals surface area contributed by atoms with Crippen molar-refractivity contribution in [2.75, 3.05) is 18.6 Å². The number of aliphatic carboxylic acids is 1. The quantitative estimate of drug-likeness (QED) is 0.256. The van der Waals surface area contributed by atoms with Crippen LogP contribution in [-0.4, -0.2) is 35.6 Å². The second kappa shape index (κ2) is 14.1. The molecule has 35 heavy (non-hydrogen) atoms. The lowest BCUT2D eigenvalue weighted by Crippen LogP contribution is -2.28. The number of rotatable bonds is 12. The Balaban J connectivity index is 1.73. The minimum atomic E-state index is -1.15. The van der Waals surface area contributed by atoms with Crippen molar-refractivity contribution in [1.29, 1.82) is 0 Å². The van der Waals surface area contributed by atoms with Gasteiger partial charge in [-0.15, -0.1) is 0 Å². The predicted octanol–water partition coefficient (Wildman–Crippen LogP) is 6.60. The third-order valence-corrected chi connectivity index (χ3v) is 7.09. The van der Waals surface area contributed by atoms with Crippen molar-refractivity contribution in [2.45, 2.75) is 58.5 Å². The van der Waals surface area contributed by atoms with Crippen LogP contribution in [0.2, 0.25) is 0 Å². The average Bonchev–Trinajstić information content (AvgIpc) is 2.87. The topological polar surface area (TPSA) is 75.6 Å². The molecule has 0 spiro atoms. The van der Waals surface area contributed by atoms with Gasteiger partial charge in [-0.3, -0.25) is 4.79 Å². The molecule has 1 aliphatic carbocycles. The lowest BCUT2D eigenvalue weighted by molar-refractivity contribution is -0.133. The molecule has 5 nitrogen and oxygen atoms in total.